The van der Waals surface area contributed by atoms with E-state index in [2.05, 4.69) is 23.6 Å². The zero-order chi connectivity index (χ0) is 36.3. The number of ether oxygens (including phenoxy) is 4. The second kappa shape index (κ2) is 27.9. The Hall–Kier alpha value is -1.88. The van der Waals surface area contributed by atoms with Crippen LogP contribution in [0, 0.1) is 0 Å². The molecule has 0 saturated heterocycles. The first-order chi connectivity index (χ1) is 22.9. The van der Waals surface area contributed by atoms with Crippen molar-refractivity contribution >= 4 is 23.5 Å². The molecule has 0 spiro atoms. The molecule has 0 aromatic heterocycles. The summed E-state index contributed by atoms with van der Waals surface area (Å²) in [5.41, 5.74) is -1.56. The van der Waals surface area contributed by atoms with Gasteiger partial charge in [-0.25, -0.2) is 0 Å². The van der Waals surface area contributed by atoms with Crippen molar-refractivity contribution in [2.45, 2.75) is 156 Å². The molecule has 0 saturated carbocycles. The third kappa shape index (κ3) is 20.6. The van der Waals surface area contributed by atoms with Crippen LogP contribution >= 0.6 is 0 Å². The quantitative estimate of drug-likeness (QED) is 0.0532. The van der Waals surface area contributed by atoms with Gasteiger partial charge in [0.1, 0.15) is 11.2 Å². The molecular formula is C38H72N2O8. The van der Waals surface area contributed by atoms with E-state index >= 15 is 0 Å². The lowest BCUT2D eigenvalue weighted by Gasteiger charge is -2.29. The Morgan fingerprint density at radius 3 is 1.35 bits per heavy atom. The maximum atomic E-state index is 13.2. The third-order valence-electron chi connectivity index (χ3n) is 9.25. The first-order valence-electron chi connectivity index (χ1n) is 19.0. The molecule has 282 valence electrons. The van der Waals surface area contributed by atoms with E-state index in [-0.39, 0.29) is 23.5 Å². The van der Waals surface area contributed by atoms with E-state index in [0.29, 0.717) is 91.1 Å². The number of nitrogens with zero attached hydrogens (tertiary/aromatic N) is 2. The van der Waals surface area contributed by atoms with Crippen molar-refractivity contribution in [2.75, 3.05) is 65.7 Å². The molecule has 0 bridgehead atoms. The number of Topliss-reactive ketones (excluding diaryl/α,β-unsaturated/α-hetero) is 2. The van der Waals surface area contributed by atoms with E-state index in [9.17, 15) is 19.2 Å². The van der Waals surface area contributed by atoms with Crippen LogP contribution in [0.1, 0.15) is 145 Å². The van der Waals surface area contributed by atoms with Gasteiger partial charge in [0.15, 0.2) is 11.6 Å². The van der Waals surface area contributed by atoms with Gasteiger partial charge in [0.25, 0.3) is 0 Å². The molecular weight excluding hydrogens is 612 g/mol. The minimum absolute atomic E-state index is 0.0966. The number of hydrogen-bond acceptors (Lipinski definition) is 10. The maximum absolute atomic E-state index is 13.2. The van der Waals surface area contributed by atoms with Crippen molar-refractivity contribution in [3.63, 3.8) is 0 Å². The van der Waals surface area contributed by atoms with E-state index in [4.69, 9.17) is 18.9 Å². The molecule has 0 rings (SSSR count). The average molecular weight is 685 g/mol. The lowest BCUT2D eigenvalue weighted by Crippen LogP contribution is -2.40. The van der Waals surface area contributed by atoms with Crippen LogP contribution in [0.5, 0.6) is 0 Å². The summed E-state index contributed by atoms with van der Waals surface area (Å²) in [6, 6.07) is 0. The monoisotopic (exact) mass is 685 g/mol. The van der Waals surface area contributed by atoms with E-state index in [1.807, 2.05) is 34.6 Å². The van der Waals surface area contributed by atoms with Gasteiger partial charge in [-0.15, -0.1) is 0 Å². The van der Waals surface area contributed by atoms with Gasteiger partial charge in [-0.1, -0.05) is 47.0 Å². The first-order valence-corrected chi connectivity index (χ1v) is 19.0. The Balaban J connectivity index is 4.41. The Labute approximate surface area is 293 Å². The highest BCUT2D eigenvalue weighted by molar-refractivity contribution is 5.87. The molecule has 48 heavy (non-hydrogen) atoms. The van der Waals surface area contributed by atoms with Crippen LogP contribution in [0.25, 0.3) is 0 Å². The standard InChI is InChI=1S/C38H72N2O8/c1-9-15-25-39(29-23-35(43)45-13-5)28-22-34(42)38(8,12-4)48-32-20-18-17-19-31-46-36(44)24-30-40(26-16-10-2)27-21-33(41)37(7,11-3)47-14-6/h9-32H2,1-8H3. The number of unbranched alkanes of at least 4 members (excludes halogenated alkanes) is 5. The zero-order valence-electron chi connectivity index (χ0n) is 32.1. The number of hydrogen-bond donors (Lipinski definition) is 0. The van der Waals surface area contributed by atoms with E-state index < -0.39 is 11.2 Å². The molecule has 0 aliphatic rings. The largest absolute Gasteiger partial charge is 0.466 e. The number of rotatable bonds is 33. The van der Waals surface area contributed by atoms with Crippen molar-refractivity contribution < 1.29 is 38.1 Å². The van der Waals surface area contributed by atoms with E-state index in [0.717, 1.165) is 64.5 Å². The van der Waals surface area contributed by atoms with Gasteiger partial charge in [-0.2, -0.15) is 0 Å². The second-order valence-corrected chi connectivity index (χ2v) is 13.1. The summed E-state index contributed by atoms with van der Waals surface area (Å²) in [5.74, 6) is -0.195. The molecule has 0 aliphatic carbocycles. The van der Waals surface area contributed by atoms with Gasteiger partial charge >= 0.3 is 11.9 Å². The number of carbonyl (C=O) groups excluding carboxylic acids is 4. The van der Waals surface area contributed by atoms with Gasteiger partial charge in [-0.05, 0) is 85.7 Å². The normalized spacial score (nSPS) is 14.1. The highest BCUT2D eigenvalue weighted by atomic mass is 16.5. The summed E-state index contributed by atoms with van der Waals surface area (Å²) in [6.07, 6.45) is 10.3. The molecule has 0 aromatic rings. The second-order valence-electron chi connectivity index (χ2n) is 13.1. The minimum atomic E-state index is -0.815. The molecule has 0 aliphatic heterocycles. The fourth-order valence-corrected chi connectivity index (χ4v) is 5.41. The first kappa shape index (κ1) is 46.1. The van der Waals surface area contributed by atoms with Gasteiger partial charge in [0.2, 0.25) is 0 Å². The Kier molecular flexibility index (Phi) is 26.8. The molecule has 2 unspecified atom stereocenters. The molecule has 0 radical (unpaired) electrons. The lowest BCUT2D eigenvalue weighted by atomic mass is 9.94. The van der Waals surface area contributed by atoms with Crippen molar-refractivity contribution in [1.29, 1.82) is 0 Å². The predicted molar refractivity (Wildman–Crippen MR) is 192 cm³/mol. The van der Waals surface area contributed by atoms with Crippen LogP contribution in [0.2, 0.25) is 0 Å². The maximum Gasteiger partial charge on any atom is 0.307 e. The Morgan fingerprint density at radius 1 is 0.479 bits per heavy atom. The van der Waals surface area contributed by atoms with Crippen LogP contribution in [0.3, 0.4) is 0 Å². The van der Waals surface area contributed by atoms with E-state index in [1.165, 1.54) is 0 Å². The number of carbonyl (C=O) groups is 4. The van der Waals surface area contributed by atoms with E-state index in [1.54, 1.807) is 6.92 Å². The minimum Gasteiger partial charge on any atom is -0.466 e. The van der Waals surface area contributed by atoms with Crippen LogP contribution in [0.15, 0.2) is 0 Å². The van der Waals surface area contributed by atoms with Gasteiger partial charge in [-0.3, -0.25) is 19.2 Å². The van der Waals surface area contributed by atoms with Gasteiger partial charge in [0.05, 0.1) is 26.1 Å². The topological polar surface area (TPSA) is 112 Å². The third-order valence-corrected chi connectivity index (χ3v) is 9.25. The van der Waals surface area contributed by atoms with Crippen molar-refractivity contribution in [3.8, 4) is 0 Å². The average Bonchev–Trinajstić information content (AvgIpc) is 3.08. The van der Waals surface area contributed by atoms with Crippen LogP contribution in [-0.4, -0.2) is 110 Å². The Morgan fingerprint density at radius 2 is 0.917 bits per heavy atom. The summed E-state index contributed by atoms with van der Waals surface area (Å²) in [6.45, 7) is 21.6. The molecule has 2 atom stereocenters. The Bertz CT molecular complexity index is 885. The van der Waals surface area contributed by atoms with Crippen LogP contribution in [-0.2, 0) is 38.1 Å². The van der Waals surface area contributed by atoms with Crippen molar-refractivity contribution in [1.82, 2.24) is 9.80 Å². The summed E-state index contributed by atoms with van der Waals surface area (Å²) < 4.78 is 22.4. The highest BCUT2D eigenvalue weighted by Gasteiger charge is 2.32. The number of ketones is 2. The molecule has 0 fully saturated rings. The molecule has 0 amide bonds. The smallest absolute Gasteiger partial charge is 0.307 e. The van der Waals surface area contributed by atoms with Crippen molar-refractivity contribution in [2.24, 2.45) is 0 Å². The summed E-state index contributed by atoms with van der Waals surface area (Å²) in [4.78, 5) is 54.6. The predicted octanol–water partition coefficient (Wildman–Crippen LogP) is 6.95. The van der Waals surface area contributed by atoms with Gasteiger partial charge < -0.3 is 28.7 Å². The molecule has 10 nitrogen and oxygen atoms in total. The molecule has 0 aromatic carbocycles. The fourth-order valence-electron chi connectivity index (χ4n) is 5.41. The summed E-state index contributed by atoms with van der Waals surface area (Å²) in [5, 5.41) is 0. The van der Waals surface area contributed by atoms with Crippen LogP contribution < -0.4 is 0 Å². The molecule has 10 heteroatoms. The fraction of sp³-hybridized carbons (Fsp3) is 0.895. The summed E-state index contributed by atoms with van der Waals surface area (Å²) >= 11 is 0. The van der Waals surface area contributed by atoms with Crippen molar-refractivity contribution in [3.05, 3.63) is 0 Å². The zero-order valence-corrected chi connectivity index (χ0v) is 32.1. The SMILES string of the molecule is CCCCN(CCC(=O)OCCCCCCOC(C)(CC)C(=O)CCN(CCCC)CCC(=O)OCC)CCC(=O)C(C)(CC)OCC. The lowest BCUT2D eigenvalue weighted by molar-refractivity contribution is -0.145. The highest BCUT2D eigenvalue weighted by Crippen LogP contribution is 2.21. The van der Waals surface area contributed by atoms with Gasteiger partial charge in [0, 0.05) is 52.2 Å². The molecule has 0 heterocycles. The molecule has 0 N–H and O–H groups in total. The van der Waals surface area contributed by atoms with Crippen LogP contribution in [0.4, 0.5) is 0 Å². The summed E-state index contributed by atoms with van der Waals surface area (Å²) in [7, 11) is 0. The number of esters is 2.